The molecule has 0 unspecified atom stereocenters. The summed E-state index contributed by atoms with van der Waals surface area (Å²) in [5.74, 6) is 1.05. The highest BCUT2D eigenvalue weighted by molar-refractivity contribution is 7.71. The van der Waals surface area contributed by atoms with Gasteiger partial charge >= 0.3 is 0 Å². The molecule has 2 heterocycles. The van der Waals surface area contributed by atoms with Gasteiger partial charge in [-0.3, -0.25) is 0 Å². The maximum atomic E-state index is 5.27. The molecule has 1 aliphatic rings. The molecular formula is C14H18N6S. The van der Waals surface area contributed by atoms with Gasteiger partial charge in [0.15, 0.2) is 0 Å². The molecule has 0 saturated heterocycles. The molecule has 0 radical (unpaired) electrons. The zero-order chi connectivity index (χ0) is 14.8. The second kappa shape index (κ2) is 5.77. The highest BCUT2D eigenvalue weighted by Crippen LogP contribution is 2.16. The van der Waals surface area contributed by atoms with Crippen LogP contribution in [0.3, 0.4) is 0 Å². The summed E-state index contributed by atoms with van der Waals surface area (Å²) >= 11 is 5.27. The molecule has 1 N–H and O–H groups in total. The molecule has 0 fully saturated rings. The second-order valence-electron chi connectivity index (χ2n) is 5.29. The molecule has 6 nitrogen and oxygen atoms in total. The summed E-state index contributed by atoms with van der Waals surface area (Å²) in [5, 5.41) is 16.0. The number of rotatable bonds is 3. The maximum absolute atomic E-state index is 5.27. The minimum absolute atomic E-state index is 0.458. The van der Waals surface area contributed by atoms with Crippen molar-refractivity contribution < 1.29 is 0 Å². The fraction of sp³-hybridized carbons (Fsp3) is 0.429. The van der Waals surface area contributed by atoms with Crippen molar-refractivity contribution in [3.05, 3.63) is 34.4 Å². The maximum Gasteiger partial charge on any atom is 0.271 e. The Kier molecular flexibility index (Phi) is 3.83. The number of nitrogens with one attached hydrogen (secondary N) is 1. The quantitative estimate of drug-likeness (QED) is 0.538. The Hall–Kier alpha value is -2.02. The smallest absolute Gasteiger partial charge is 0.248 e. The first-order valence-corrected chi connectivity index (χ1v) is 7.46. The first-order valence-electron chi connectivity index (χ1n) is 7.05. The van der Waals surface area contributed by atoms with Crippen molar-refractivity contribution in [3.63, 3.8) is 0 Å². The van der Waals surface area contributed by atoms with Crippen molar-refractivity contribution in [2.24, 2.45) is 11.0 Å². The summed E-state index contributed by atoms with van der Waals surface area (Å²) in [4.78, 5) is 0. The average molecular weight is 302 g/mol. The number of nitrogens with zero attached hydrogens (tertiary/aromatic N) is 5. The van der Waals surface area contributed by atoms with E-state index in [1.807, 2.05) is 26.1 Å². The summed E-state index contributed by atoms with van der Waals surface area (Å²) in [5.41, 5.74) is 1.94. The van der Waals surface area contributed by atoms with Crippen LogP contribution in [0.1, 0.15) is 30.7 Å². The van der Waals surface area contributed by atoms with Crippen LogP contribution in [-0.4, -0.2) is 30.9 Å². The summed E-state index contributed by atoms with van der Waals surface area (Å²) in [7, 11) is 0. The zero-order valence-corrected chi connectivity index (χ0v) is 13.0. The van der Waals surface area contributed by atoms with Gasteiger partial charge in [-0.1, -0.05) is 12.2 Å². The topological polar surface area (TPSA) is 63.8 Å². The Bertz CT molecular complexity index is 748. The van der Waals surface area contributed by atoms with E-state index in [1.54, 1.807) is 9.36 Å². The lowest BCUT2D eigenvalue weighted by Gasteiger charge is -2.12. The highest BCUT2D eigenvalue weighted by Gasteiger charge is 2.12. The number of aromatic nitrogens is 5. The van der Waals surface area contributed by atoms with Crippen LogP contribution in [0, 0.1) is 24.5 Å². The number of H-pyrrole nitrogens is 1. The molecule has 7 heteroatoms. The lowest BCUT2D eigenvalue weighted by atomic mass is 9.96. The predicted molar refractivity (Wildman–Crippen MR) is 84.4 cm³/mol. The van der Waals surface area contributed by atoms with Crippen LogP contribution in [-0.2, 0) is 0 Å². The van der Waals surface area contributed by atoms with Crippen LogP contribution < -0.4 is 0 Å². The highest BCUT2D eigenvalue weighted by atomic mass is 32.1. The third-order valence-corrected chi connectivity index (χ3v) is 3.80. The second-order valence-corrected chi connectivity index (χ2v) is 5.68. The molecule has 21 heavy (non-hydrogen) atoms. The Labute approximate surface area is 128 Å². The molecule has 3 rings (SSSR count). The molecule has 0 amide bonds. The Morgan fingerprint density at radius 2 is 2.29 bits per heavy atom. The minimum atomic E-state index is 0.458. The average Bonchev–Trinajstić information content (AvgIpc) is 3.00. The number of aromatic amines is 1. The van der Waals surface area contributed by atoms with Crippen LogP contribution in [0.4, 0.5) is 0 Å². The molecule has 1 atom stereocenters. The van der Waals surface area contributed by atoms with Crippen molar-refractivity contribution in [1.82, 2.24) is 24.7 Å². The van der Waals surface area contributed by atoms with E-state index < -0.39 is 0 Å². The SMILES string of the molecule is Cc1cc(C)n(-c2n[nH]c(=S)n2/N=C\[C@H]2CC=CCC2)n1. The van der Waals surface area contributed by atoms with Crippen molar-refractivity contribution in [3.8, 4) is 5.95 Å². The standard InChI is InChI=1S/C14H18N6S/c1-10-8-11(2)19(18-10)13-16-17-14(21)20(13)15-9-12-6-4-3-5-7-12/h3-4,8-9,12H,5-7H2,1-2H3,(H,17,21)/b15-9-/t12-/m0/s1. The molecule has 1 aliphatic carbocycles. The van der Waals surface area contributed by atoms with Crippen LogP contribution in [0.25, 0.3) is 5.95 Å². The van der Waals surface area contributed by atoms with Crippen molar-refractivity contribution in [2.45, 2.75) is 33.1 Å². The van der Waals surface area contributed by atoms with Gasteiger partial charge in [-0.25, -0.2) is 9.78 Å². The largest absolute Gasteiger partial charge is 0.271 e. The first kappa shape index (κ1) is 13.9. The van der Waals surface area contributed by atoms with Gasteiger partial charge < -0.3 is 0 Å². The first-order chi connectivity index (χ1) is 10.1. The van der Waals surface area contributed by atoms with Crippen LogP contribution in [0.5, 0.6) is 0 Å². The molecule has 0 aromatic carbocycles. The van der Waals surface area contributed by atoms with Gasteiger partial charge in [0, 0.05) is 11.9 Å². The number of allylic oxidation sites excluding steroid dienone is 2. The van der Waals surface area contributed by atoms with Gasteiger partial charge in [0.05, 0.1) is 5.69 Å². The van der Waals surface area contributed by atoms with Gasteiger partial charge in [-0.15, -0.1) is 5.10 Å². The fourth-order valence-corrected chi connectivity index (χ4v) is 2.64. The van der Waals surface area contributed by atoms with Gasteiger partial charge in [-0.2, -0.15) is 14.9 Å². The summed E-state index contributed by atoms with van der Waals surface area (Å²) in [6, 6.07) is 2.00. The van der Waals surface area contributed by atoms with E-state index in [2.05, 4.69) is 32.5 Å². The Morgan fingerprint density at radius 3 is 2.95 bits per heavy atom. The van der Waals surface area contributed by atoms with E-state index in [0.717, 1.165) is 30.7 Å². The molecule has 110 valence electrons. The number of hydrogen-bond donors (Lipinski definition) is 1. The molecule has 0 bridgehead atoms. The van der Waals surface area contributed by atoms with Crippen LogP contribution in [0.15, 0.2) is 23.3 Å². The predicted octanol–water partition coefficient (Wildman–Crippen LogP) is 2.93. The van der Waals surface area contributed by atoms with E-state index in [0.29, 0.717) is 16.6 Å². The van der Waals surface area contributed by atoms with Gasteiger partial charge in [-0.05, 0) is 57.3 Å². The molecule has 0 aliphatic heterocycles. The molecular weight excluding hydrogens is 284 g/mol. The van der Waals surface area contributed by atoms with Crippen molar-refractivity contribution in [1.29, 1.82) is 0 Å². The third kappa shape index (κ3) is 2.87. The van der Waals surface area contributed by atoms with Gasteiger partial charge in [0.1, 0.15) is 0 Å². The molecule has 2 aromatic heterocycles. The van der Waals surface area contributed by atoms with Crippen molar-refractivity contribution in [2.75, 3.05) is 0 Å². The number of aryl methyl sites for hydroxylation is 2. The van der Waals surface area contributed by atoms with E-state index in [1.165, 1.54) is 0 Å². The lowest BCUT2D eigenvalue weighted by Crippen LogP contribution is -2.09. The number of hydrogen-bond acceptors (Lipinski definition) is 4. The summed E-state index contributed by atoms with van der Waals surface area (Å²) < 4.78 is 3.85. The summed E-state index contributed by atoms with van der Waals surface area (Å²) in [6.45, 7) is 3.93. The van der Waals surface area contributed by atoms with E-state index in [4.69, 9.17) is 12.2 Å². The van der Waals surface area contributed by atoms with Crippen molar-refractivity contribution >= 4 is 18.4 Å². The lowest BCUT2D eigenvalue weighted by molar-refractivity contribution is 0.619. The van der Waals surface area contributed by atoms with E-state index in [9.17, 15) is 0 Å². The Balaban J connectivity index is 1.94. The van der Waals surface area contributed by atoms with E-state index >= 15 is 0 Å². The van der Waals surface area contributed by atoms with Crippen LogP contribution >= 0.6 is 12.2 Å². The van der Waals surface area contributed by atoms with Crippen LogP contribution in [0.2, 0.25) is 0 Å². The molecule has 0 saturated carbocycles. The molecule has 2 aromatic rings. The van der Waals surface area contributed by atoms with Gasteiger partial charge in [0.2, 0.25) is 4.77 Å². The van der Waals surface area contributed by atoms with E-state index in [-0.39, 0.29) is 0 Å². The third-order valence-electron chi connectivity index (χ3n) is 3.53. The zero-order valence-electron chi connectivity index (χ0n) is 12.2. The minimum Gasteiger partial charge on any atom is -0.248 e. The van der Waals surface area contributed by atoms with Gasteiger partial charge in [0.25, 0.3) is 5.95 Å². The normalized spacial score (nSPS) is 18.7. The monoisotopic (exact) mass is 302 g/mol. The summed E-state index contributed by atoms with van der Waals surface area (Å²) in [6.07, 6.45) is 9.65. The molecule has 0 spiro atoms. The Morgan fingerprint density at radius 1 is 1.43 bits per heavy atom. The fourth-order valence-electron chi connectivity index (χ4n) is 2.47.